The SMILES string of the molecule is CC(C)C(C=O)NC(=O)CO.CCC.CCCC(NC(=O)C1NCC[C@@H]1CCC(F)F)C(=O)C(=O)NC(Cc1ccccc1)C(=O)O. The predicted molar refractivity (Wildman–Crippen MR) is 173 cm³/mol. The molecule has 1 saturated heterocycles. The predicted octanol–water partition coefficient (Wildman–Crippen LogP) is 2.41. The first-order valence-corrected chi connectivity index (χ1v) is 16.0. The average Bonchev–Trinajstić information content (AvgIpc) is 3.51. The van der Waals surface area contributed by atoms with Crippen LogP contribution >= 0.6 is 0 Å². The molecule has 3 amide bonds. The molecule has 0 radical (unpaired) electrons. The second-order valence-electron chi connectivity index (χ2n) is 11.6. The van der Waals surface area contributed by atoms with Gasteiger partial charge in [0.25, 0.3) is 5.91 Å². The summed E-state index contributed by atoms with van der Waals surface area (Å²) in [7, 11) is 0. The number of hydrogen-bond acceptors (Lipinski definition) is 8. The molecule has 6 N–H and O–H groups in total. The molecule has 0 bridgehead atoms. The van der Waals surface area contributed by atoms with Crippen LogP contribution in [0.5, 0.6) is 0 Å². The van der Waals surface area contributed by atoms with E-state index in [1.807, 2.05) is 13.8 Å². The van der Waals surface area contributed by atoms with Crippen LogP contribution in [0.4, 0.5) is 8.78 Å². The van der Waals surface area contributed by atoms with Gasteiger partial charge in [0.05, 0.1) is 18.1 Å². The Balaban J connectivity index is 0.00000127. The van der Waals surface area contributed by atoms with Crippen LogP contribution in [-0.2, 0) is 35.2 Å². The van der Waals surface area contributed by atoms with Gasteiger partial charge in [-0.3, -0.25) is 19.2 Å². The lowest BCUT2D eigenvalue weighted by atomic mass is 9.94. The van der Waals surface area contributed by atoms with E-state index in [9.17, 15) is 42.7 Å². The highest BCUT2D eigenvalue weighted by molar-refractivity contribution is 6.38. The van der Waals surface area contributed by atoms with Gasteiger partial charge in [0, 0.05) is 12.8 Å². The maximum absolute atomic E-state index is 12.8. The Kier molecular flexibility index (Phi) is 22.4. The van der Waals surface area contributed by atoms with Crippen molar-refractivity contribution in [2.45, 2.75) is 110 Å². The molecule has 2 rings (SSSR count). The normalized spacial score (nSPS) is 17.1. The molecule has 47 heavy (non-hydrogen) atoms. The number of rotatable bonds is 17. The van der Waals surface area contributed by atoms with Crippen molar-refractivity contribution in [2.24, 2.45) is 11.8 Å². The Morgan fingerprint density at radius 2 is 1.60 bits per heavy atom. The second kappa shape index (κ2) is 24.4. The topological polar surface area (TPSA) is 191 Å². The summed E-state index contributed by atoms with van der Waals surface area (Å²) in [5.41, 5.74) is 0.679. The monoisotopic (exact) mass is 670 g/mol. The minimum atomic E-state index is -2.45. The number of ketones is 1. The number of carboxylic acid groups (broad SMARTS) is 1. The number of aliphatic hydroxyl groups excluding tert-OH is 1. The van der Waals surface area contributed by atoms with Crippen molar-refractivity contribution in [1.29, 1.82) is 0 Å². The van der Waals surface area contributed by atoms with Gasteiger partial charge in [-0.25, -0.2) is 13.6 Å². The van der Waals surface area contributed by atoms with Gasteiger partial charge in [-0.05, 0) is 43.2 Å². The van der Waals surface area contributed by atoms with Gasteiger partial charge in [-0.1, -0.05) is 77.8 Å². The number of carbonyl (C=O) groups is 6. The summed E-state index contributed by atoms with van der Waals surface area (Å²) in [6, 6.07) is 5.02. The van der Waals surface area contributed by atoms with Crippen LogP contribution in [0, 0.1) is 11.8 Å². The minimum absolute atomic E-state index is 0.00217. The Morgan fingerprint density at radius 1 is 0.979 bits per heavy atom. The van der Waals surface area contributed by atoms with Crippen molar-refractivity contribution in [3.05, 3.63) is 35.9 Å². The number of aliphatic carboxylic acids is 1. The zero-order chi connectivity index (χ0) is 35.9. The van der Waals surface area contributed by atoms with Gasteiger partial charge in [0.1, 0.15) is 18.9 Å². The fourth-order valence-corrected chi connectivity index (χ4v) is 4.56. The third kappa shape index (κ3) is 17.6. The number of nitrogens with one attached hydrogen (secondary N) is 4. The lowest BCUT2D eigenvalue weighted by molar-refractivity contribution is -0.145. The molecule has 266 valence electrons. The molecule has 1 heterocycles. The van der Waals surface area contributed by atoms with E-state index in [0.29, 0.717) is 31.2 Å². The van der Waals surface area contributed by atoms with Gasteiger partial charge in [0.15, 0.2) is 0 Å². The van der Waals surface area contributed by atoms with E-state index in [0.717, 1.165) is 0 Å². The molecule has 4 unspecified atom stereocenters. The van der Waals surface area contributed by atoms with Crippen LogP contribution in [0.3, 0.4) is 0 Å². The number of aldehydes is 1. The molecule has 0 saturated carbocycles. The van der Waals surface area contributed by atoms with Crippen LogP contribution in [0.2, 0.25) is 0 Å². The van der Waals surface area contributed by atoms with Crippen LogP contribution in [0.25, 0.3) is 0 Å². The number of carboxylic acids is 1. The van der Waals surface area contributed by atoms with Gasteiger partial charge >= 0.3 is 5.97 Å². The van der Waals surface area contributed by atoms with E-state index in [4.69, 9.17) is 5.11 Å². The third-order valence-corrected chi connectivity index (χ3v) is 7.05. The number of aliphatic hydroxyl groups is 1. The maximum atomic E-state index is 12.8. The van der Waals surface area contributed by atoms with Crippen LogP contribution in [0.15, 0.2) is 30.3 Å². The summed E-state index contributed by atoms with van der Waals surface area (Å²) in [6.07, 6.45) is 0.563. The van der Waals surface area contributed by atoms with Gasteiger partial charge in [-0.2, -0.15) is 0 Å². The molecule has 1 fully saturated rings. The summed E-state index contributed by atoms with van der Waals surface area (Å²) >= 11 is 0. The molecule has 1 aromatic carbocycles. The van der Waals surface area contributed by atoms with Crippen LogP contribution in [-0.4, -0.2) is 89.7 Å². The second-order valence-corrected chi connectivity index (χ2v) is 11.6. The Hall–Kier alpha value is -3.78. The van der Waals surface area contributed by atoms with Crippen molar-refractivity contribution < 1.29 is 47.8 Å². The summed E-state index contributed by atoms with van der Waals surface area (Å²) in [5, 5.41) is 27.9. The molecule has 12 nitrogen and oxygen atoms in total. The number of carbonyl (C=O) groups excluding carboxylic acids is 5. The van der Waals surface area contributed by atoms with E-state index >= 15 is 0 Å². The number of alkyl halides is 2. The molecule has 0 aromatic heterocycles. The summed E-state index contributed by atoms with van der Waals surface area (Å²) in [4.78, 5) is 70.5. The first kappa shape index (κ1) is 43.2. The number of hydrogen-bond donors (Lipinski definition) is 6. The van der Waals surface area contributed by atoms with E-state index in [2.05, 4.69) is 35.1 Å². The van der Waals surface area contributed by atoms with Crippen molar-refractivity contribution >= 4 is 35.8 Å². The fraction of sp³-hybridized carbons (Fsp3) is 0.636. The molecular formula is C33H52F2N4O8. The van der Waals surface area contributed by atoms with Gasteiger partial charge in [0.2, 0.25) is 24.0 Å². The zero-order valence-electron chi connectivity index (χ0n) is 28.0. The Morgan fingerprint density at radius 3 is 2.09 bits per heavy atom. The van der Waals surface area contributed by atoms with Crippen molar-refractivity contribution in [2.75, 3.05) is 13.2 Å². The summed E-state index contributed by atoms with van der Waals surface area (Å²) < 4.78 is 25.1. The quantitative estimate of drug-likeness (QED) is 0.107. The summed E-state index contributed by atoms with van der Waals surface area (Å²) in [5.74, 6) is -4.58. The maximum Gasteiger partial charge on any atom is 0.326 e. The number of benzene rings is 1. The lowest BCUT2D eigenvalue weighted by Crippen LogP contribution is -2.54. The standard InChI is InChI=1S/C23H31F2N3O5.C7H13NO3.C3H8/c1-2-6-16(27-21(30)19-15(11-12-26-19)9-10-18(24)25)20(29)22(31)28-17(23(32)33)13-14-7-4-3-5-8-14;1-5(2)6(3-9)8-7(11)4-10;1-3-2/h3-5,7-8,15-19,26H,2,6,9-13H2,1H3,(H,27,30)(H,28,31)(H,32,33);3,5-6,10H,4H2,1-2H3,(H,8,11);3H2,1-2H3/t15-,16?,17?,19?;;/m0../s1. The van der Waals surface area contributed by atoms with E-state index in [1.54, 1.807) is 37.3 Å². The molecule has 14 heteroatoms. The van der Waals surface area contributed by atoms with Crippen LogP contribution < -0.4 is 21.3 Å². The largest absolute Gasteiger partial charge is 0.480 e. The molecule has 1 aromatic rings. The third-order valence-electron chi connectivity index (χ3n) is 7.05. The molecular weight excluding hydrogens is 618 g/mol. The first-order valence-electron chi connectivity index (χ1n) is 16.0. The van der Waals surface area contributed by atoms with Gasteiger partial charge in [-0.15, -0.1) is 0 Å². The first-order chi connectivity index (χ1) is 22.2. The zero-order valence-corrected chi connectivity index (χ0v) is 28.0. The molecule has 1 aliphatic rings. The van der Waals surface area contributed by atoms with Crippen molar-refractivity contribution in [1.82, 2.24) is 21.3 Å². The van der Waals surface area contributed by atoms with Crippen molar-refractivity contribution in [3.8, 4) is 0 Å². The highest BCUT2D eigenvalue weighted by Gasteiger charge is 2.36. The number of amides is 3. The summed E-state index contributed by atoms with van der Waals surface area (Å²) in [6.45, 7) is 9.59. The smallest absolute Gasteiger partial charge is 0.326 e. The highest BCUT2D eigenvalue weighted by atomic mass is 19.3. The minimum Gasteiger partial charge on any atom is -0.480 e. The van der Waals surface area contributed by atoms with E-state index in [-0.39, 0.29) is 37.5 Å². The van der Waals surface area contributed by atoms with E-state index in [1.165, 1.54) is 6.42 Å². The molecule has 1 aliphatic heterocycles. The molecule has 0 spiro atoms. The van der Waals surface area contributed by atoms with E-state index < -0.39 is 66.7 Å². The fourth-order valence-electron chi connectivity index (χ4n) is 4.56. The Labute approximate surface area is 275 Å². The number of halogens is 2. The highest BCUT2D eigenvalue weighted by Crippen LogP contribution is 2.23. The van der Waals surface area contributed by atoms with Crippen molar-refractivity contribution in [3.63, 3.8) is 0 Å². The molecule has 0 aliphatic carbocycles. The van der Waals surface area contributed by atoms with Crippen LogP contribution in [0.1, 0.15) is 78.7 Å². The lowest BCUT2D eigenvalue weighted by Gasteiger charge is -2.23. The van der Waals surface area contributed by atoms with Gasteiger partial charge < -0.3 is 36.3 Å². The molecule has 5 atom stereocenters. The number of Topliss-reactive ketones (excluding diaryl/α,β-unsaturated/α-hetero) is 1. The Bertz CT molecular complexity index is 1110. The average molecular weight is 671 g/mol.